The van der Waals surface area contributed by atoms with Crippen molar-refractivity contribution >= 4 is 0 Å². The summed E-state index contributed by atoms with van der Waals surface area (Å²) >= 11 is 0. The van der Waals surface area contributed by atoms with Crippen LogP contribution in [0.15, 0.2) is 36.5 Å². The van der Waals surface area contributed by atoms with Crippen molar-refractivity contribution in [3.05, 3.63) is 64.7 Å². The van der Waals surface area contributed by atoms with Gasteiger partial charge in [-0.1, -0.05) is 0 Å². The summed E-state index contributed by atoms with van der Waals surface area (Å²) in [6.07, 6.45) is -2.72. The molecule has 2 aromatic rings. The maximum atomic E-state index is 13.2. The van der Waals surface area contributed by atoms with Crippen LogP contribution in [0.25, 0.3) is 0 Å². The van der Waals surface area contributed by atoms with Crippen molar-refractivity contribution in [3.8, 4) is 0 Å². The zero-order chi connectivity index (χ0) is 14.0. The van der Waals surface area contributed by atoms with Crippen molar-refractivity contribution < 1.29 is 17.6 Å². The SMILES string of the molecule is Cc1cc(Cc2cc(F)cc(C(F)(F)F)c2)ccn1. The largest absolute Gasteiger partial charge is 0.416 e. The molecule has 0 aliphatic heterocycles. The summed E-state index contributed by atoms with van der Waals surface area (Å²) in [5.74, 6) is -0.879. The Hall–Kier alpha value is -1.91. The van der Waals surface area contributed by atoms with Gasteiger partial charge in [0.25, 0.3) is 0 Å². The van der Waals surface area contributed by atoms with Crippen molar-refractivity contribution in [1.29, 1.82) is 0 Å². The highest BCUT2D eigenvalue weighted by atomic mass is 19.4. The molecular formula is C14H11F4N. The maximum Gasteiger partial charge on any atom is 0.416 e. The number of hydrogen-bond donors (Lipinski definition) is 0. The Balaban J connectivity index is 2.33. The number of pyridine rings is 1. The molecule has 0 saturated heterocycles. The van der Waals surface area contributed by atoms with Crippen molar-refractivity contribution in [2.75, 3.05) is 0 Å². The van der Waals surface area contributed by atoms with Gasteiger partial charge in [0.15, 0.2) is 0 Å². The van der Waals surface area contributed by atoms with Crippen LogP contribution in [-0.2, 0) is 12.6 Å². The van der Waals surface area contributed by atoms with Crippen molar-refractivity contribution in [2.45, 2.75) is 19.5 Å². The minimum atomic E-state index is -4.54. The first-order chi connectivity index (χ1) is 8.84. The molecule has 0 unspecified atom stereocenters. The Labute approximate surface area is 107 Å². The zero-order valence-electron chi connectivity index (χ0n) is 10.1. The smallest absolute Gasteiger partial charge is 0.262 e. The third-order valence-electron chi connectivity index (χ3n) is 2.65. The Morgan fingerprint density at radius 1 is 1.05 bits per heavy atom. The van der Waals surface area contributed by atoms with Gasteiger partial charge in [-0.2, -0.15) is 13.2 Å². The molecule has 1 nitrogen and oxygen atoms in total. The van der Waals surface area contributed by atoms with Crippen LogP contribution < -0.4 is 0 Å². The van der Waals surface area contributed by atoms with Gasteiger partial charge < -0.3 is 0 Å². The van der Waals surface area contributed by atoms with Crippen LogP contribution in [0.2, 0.25) is 0 Å². The molecule has 1 aromatic heterocycles. The molecule has 0 aliphatic rings. The lowest BCUT2D eigenvalue weighted by Gasteiger charge is -2.09. The summed E-state index contributed by atoms with van der Waals surface area (Å²) in [7, 11) is 0. The highest BCUT2D eigenvalue weighted by Gasteiger charge is 2.31. The monoisotopic (exact) mass is 269 g/mol. The molecule has 0 aliphatic carbocycles. The number of nitrogens with zero attached hydrogens (tertiary/aromatic N) is 1. The third-order valence-corrected chi connectivity index (χ3v) is 2.65. The number of halogens is 4. The molecule has 0 saturated carbocycles. The average Bonchev–Trinajstić information content (AvgIpc) is 2.26. The quantitative estimate of drug-likeness (QED) is 0.747. The van der Waals surface area contributed by atoms with Gasteiger partial charge in [-0.3, -0.25) is 4.98 Å². The van der Waals surface area contributed by atoms with Crippen molar-refractivity contribution in [2.24, 2.45) is 0 Å². The van der Waals surface area contributed by atoms with E-state index in [-0.39, 0.29) is 12.0 Å². The molecule has 2 rings (SSSR count). The predicted molar refractivity (Wildman–Crippen MR) is 63.2 cm³/mol. The second-order valence-electron chi connectivity index (χ2n) is 4.33. The molecule has 5 heteroatoms. The number of alkyl halides is 3. The number of hydrogen-bond acceptors (Lipinski definition) is 1. The normalized spacial score (nSPS) is 11.6. The van der Waals surface area contributed by atoms with E-state index < -0.39 is 17.6 Å². The van der Waals surface area contributed by atoms with E-state index in [0.29, 0.717) is 6.07 Å². The molecule has 0 N–H and O–H groups in total. The van der Waals surface area contributed by atoms with Gasteiger partial charge in [-0.15, -0.1) is 0 Å². The van der Waals surface area contributed by atoms with Gasteiger partial charge in [0.1, 0.15) is 5.82 Å². The average molecular weight is 269 g/mol. The van der Waals surface area contributed by atoms with Gasteiger partial charge in [0.2, 0.25) is 0 Å². The summed E-state index contributed by atoms with van der Waals surface area (Å²) in [4.78, 5) is 4.00. The van der Waals surface area contributed by atoms with Gasteiger partial charge in [-0.25, -0.2) is 4.39 Å². The molecule has 1 aromatic carbocycles. The molecule has 0 atom stereocenters. The lowest BCUT2D eigenvalue weighted by molar-refractivity contribution is -0.137. The van der Waals surface area contributed by atoms with Gasteiger partial charge in [-0.05, 0) is 54.8 Å². The second kappa shape index (κ2) is 4.99. The van der Waals surface area contributed by atoms with Crippen LogP contribution in [0.3, 0.4) is 0 Å². The minimum Gasteiger partial charge on any atom is -0.262 e. The van der Waals surface area contributed by atoms with Gasteiger partial charge in [0.05, 0.1) is 5.56 Å². The fraction of sp³-hybridized carbons (Fsp3) is 0.214. The molecule has 0 radical (unpaired) electrons. The summed E-state index contributed by atoms with van der Waals surface area (Å²) in [5.41, 5.74) is 0.891. The van der Waals surface area contributed by atoms with Crippen molar-refractivity contribution in [3.63, 3.8) is 0 Å². The van der Waals surface area contributed by atoms with Crippen LogP contribution in [-0.4, -0.2) is 4.98 Å². The molecular weight excluding hydrogens is 258 g/mol. The van der Waals surface area contributed by atoms with E-state index in [9.17, 15) is 17.6 Å². The van der Waals surface area contributed by atoms with E-state index in [2.05, 4.69) is 4.98 Å². The number of aryl methyl sites for hydroxylation is 1. The molecule has 0 fully saturated rings. The standard InChI is InChI=1S/C14H11F4N/c1-9-4-10(2-3-19-9)5-11-6-12(14(16,17)18)8-13(15)7-11/h2-4,6-8H,5H2,1H3. The number of aromatic nitrogens is 1. The predicted octanol–water partition coefficient (Wildman–Crippen LogP) is 4.14. The van der Waals surface area contributed by atoms with E-state index in [1.165, 1.54) is 0 Å². The molecule has 19 heavy (non-hydrogen) atoms. The lowest BCUT2D eigenvalue weighted by atomic mass is 10.0. The minimum absolute atomic E-state index is 0.240. The van der Waals surface area contributed by atoms with Crippen LogP contribution in [0, 0.1) is 12.7 Å². The van der Waals surface area contributed by atoms with Crippen LogP contribution in [0.1, 0.15) is 22.4 Å². The Kier molecular flexibility index (Phi) is 3.55. The fourth-order valence-corrected chi connectivity index (χ4v) is 1.87. The first-order valence-electron chi connectivity index (χ1n) is 5.63. The van der Waals surface area contributed by atoms with E-state index >= 15 is 0 Å². The highest BCUT2D eigenvalue weighted by Crippen LogP contribution is 2.30. The van der Waals surface area contributed by atoms with Crippen LogP contribution in [0.5, 0.6) is 0 Å². The van der Waals surface area contributed by atoms with Gasteiger partial charge in [0, 0.05) is 11.9 Å². The fourth-order valence-electron chi connectivity index (χ4n) is 1.87. The Morgan fingerprint density at radius 2 is 1.79 bits per heavy atom. The van der Waals surface area contributed by atoms with Gasteiger partial charge >= 0.3 is 6.18 Å². The summed E-state index contributed by atoms with van der Waals surface area (Å²) in [5, 5.41) is 0. The number of benzene rings is 1. The van der Waals surface area contributed by atoms with E-state index in [0.717, 1.165) is 23.4 Å². The third kappa shape index (κ3) is 3.53. The molecule has 100 valence electrons. The molecule has 1 heterocycles. The second-order valence-corrected chi connectivity index (χ2v) is 4.33. The van der Waals surface area contributed by atoms with E-state index in [1.54, 1.807) is 25.3 Å². The van der Waals surface area contributed by atoms with Crippen molar-refractivity contribution in [1.82, 2.24) is 4.98 Å². The first-order valence-corrected chi connectivity index (χ1v) is 5.63. The zero-order valence-corrected chi connectivity index (χ0v) is 10.1. The Morgan fingerprint density at radius 3 is 2.42 bits per heavy atom. The van der Waals surface area contributed by atoms with E-state index in [4.69, 9.17) is 0 Å². The molecule has 0 bridgehead atoms. The lowest BCUT2D eigenvalue weighted by Crippen LogP contribution is -2.06. The van der Waals surface area contributed by atoms with E-state index in [1.807, 2.05) is 0 Å². The van der Waals surface area contributed by atoms with Crippen LogP contribution >= 0.6 is 0 Å². The van der Waals surface area contributed by atoms with Crippen LogP contribution in [0.4, 0.5) is 17.6 Å². The summed E-state index contributed by atoms with van der Waals surface area (Å²) in [6.45, 7) is 1.79. The maximum absolute atomic E-state index is 13.2. The summed E-state index contributed by atoms with van der Waals surface area (Å²) in [6, 6.07) is 6.05. The first kappa shape index (κ1) is 13.5. The Bertz CT molecular complexity index is 590. The molecule has 0 amide bonds. The summed E-state index contributed by atoms with van der Waals surface area (Å²) < 4.78 is 50.9. The molecule has 0 spiro atoms. The topological polar surface area (TPSA) is 12.9 Å². The highest BCUT2D eigenvalue weighted by molar-refractivity contribution is 5.31. The number of rotatable bonds is 2.